The molecule has 0 saturated carbocycles. The number of ether oxygens (including phenoxy) is 4. The standard InChI is InChI=1S/C23H32N2O5/c1-7-30-22-19(28-5)12-16(13-20(22)29-6)14-24-23(26)25-21(15(2)3)17-8-10-18(27-4)11-9-17/h8-13,15,21H,7,14H2,1-6H3,(H2,24,25,26). The maximum absolute atomic E-state index is 12.6. The molecule has 2 aromatic carbocycles. The molecule has 2 rings (SSSR count). The Labute approximate surface area is 178 Å². The van der Waals surface area contributed by atoms with Crippen LogP contribution in [0.1, 0.15) is 37.9 Å². The monoisotopic (exact) mass is 416 g/mol. The predicted octanol–water partition coefficient (Wildman–Crippen LogP) is 4.31. The molecule has 2 amide bonds. The highest BCUT2D eigenvalue weighted by molar-refractivity contribution is 5.74. The smallest absolute Gasteiger partial charge is 0.315 e. The fraction of sp³-hybridized carbons (Fsp3) is 0.435. The van der Waals surface area contributed by atoms with Crippen LogP contribution in [0.15, 0.2) is 36.4 Å². The summed E-state index contributed by atoms with van der Waals surface area (Å²) in [6, 6.07) is 11.0. The van der Waals surface area contributed by atoms with Crippen molar-refractivity contribution in [3.8, 4) is 23.0 Å². The Bertz CT molecular complexity index is 796. The van der Waals surface area contributed by atoms with Gasteiger partial charge >= 0.3 is 6.03 Å². The fourth-order valence-electron chi connectivity index (χ4n) is 3.14. The van der Waals surface area contributed by atoms with E-state index >= 15 is 0 Å². The van der Waals surface area contributed by atoms with Gasteiger partial charge < -0.3 is 29.6 Å². The van der Waals surface area contributed by atoms with Crippen molar-refractivity contribution in [2.45, 2.75) is 33.4 Å². The van der Waals surface area contributed by atoms with Crippen molar-refractivity contribution < 1.29 is 23.7 Å². The number of hydrogen-bond acceptors (Lipinski definition) is 5. The number of urea groups is 1. The lowest BCUT2D eigenvalue weighted by molar-refractivity contribution is 0.232. The fourth-order valence-corrected chi connectivity index (χ4v) is 3.14. The zero-order chi connectivity index (χ0) is 22.1. The molecule has 0 heterocycles. The van der Waals surface area contributed by atoms with E-state index in [2.05, 4.69) is 24.5 Å². The van der Waals surface area contributed by atoms with E-state index in [1.807, 2.05) is 43.3 Å². The number of rotatable bonds is 10. The van der Waals surface area contributed by atoms with Gasteiger partial charge in [0, 0.05) is 6.54 Å². The van der Waals surface area contributed by atoms with Crippen LogP contribution in [0.4, 0.5) is 4.79 Å². The van der Waals surface area contributed by atoms with Crippen molar-refractivity contribution in [3.05, 3.63) is 47.5 Å². The van der Waals surface area contributed by atoms with Crippen LogP contribution in [-0.4, -0.2) is 34.0 Å². The van der Waals surface area contributed by atoms with Gasteiger partial charge in [0.05, 0.1) is 34.0 Å². The van der Waals surface area contributed by atoms with Crippen LogP contribution in [0.25, 0.3) is 0 Å². The molecule has 0 radical (unpaired) electrons. The Morgan fingerprint density at radius 2 is 1.57 bits per heavy atom. The third kappa shape index (κ3) is 5.95. The van der Waals surface area contributed by atoms with E-state index in [-0.39, 0.29) is 18.0 Å². The van der Waals surface area contributed by atoms with E-state index in [4.69, 9.17) is 18.9 Å². The molecule has 164 valence electrons. The Kier molecular flexibility index (Phi) is 8.65. The van der Waals surface area contributed by atoms with Gasteiger partial charge in [-0.2, -0.15) is 0 Å². The molecule has 1 atom stereocenters. The highest BCUT2D eigenvalue weighted by Crippen LogP contribution is 2.38. The average Bonchev–Trinajstić information content (AvgIpc) is 2.76. The van der Waals surface area contributed by atoms with E-state index in [0.29, 0.717) is 30.4 Å². The second kappa shape index (κ2) is 11.2. The lowest BCUT2D eigenvalue weighted by Gasteiger charge is -2.23. The van der Waals surface area contributed by atoms with Gasteiger partial charge in [0.15, 0.2) is 11.5 Å². The first-order valence-electron chi connectivity index (χ1n) is 9.99. The molecule has 0 spiro atoms. The van der Waals surface area contributed by atoms with Crippen LogP contribution in [0.5, 0.6) is 23.0 Å². The number of benzene rings is 2. The number of carbonyl (C=O) groups excluding carboxylic acids is 1. The normalized spacial score (nSPS) is 11.6. The predicted molar refractivity (Wildman–Crippen MR) is 117 cm³/mol. The molecule has 0 aliphatic rings. The quantitative estimate of drug-likeness (QED) is 0.604. The summed E-state index contributed by atoms with van der Waals surface area (Å²) in [6.07, 6.45) is 0. The lowest BCUT2D eigenvalue weighted by Crippen LogP contribution is -2.39. The molecule has 7 nitrogen and oxygen atoms in total. The Morgan fingerprint density at radius 3 is 2.03 bits per heavy atom. The molecule has 2 N–H and O–H groups in total. The number of nitrogens with one attached hydrogen (secondary N) is 2. The molecule has 0 fully saturated rings. The SMILES string of the molecule is CCOc1c(OC)cc(CNC(=O)NC(c2ccc(OC)cc2)C(C)C)cc1OC. The number of hydrogen-bond donors (Lipinski definition) is 2. The second-order valence-electron chi connectivity index (χ2n) is 7.08. The summed E-state index contributed by atoms with van der Waals surface area (Å²) in [5.74, 6) is 2.67. The minimum Gasteiger partial charge on any atom is -0.497 e. The van der Waals surface area contributed by atoms with Gasteiger partial charge in [-0.1, -0.05) is 26.0 Å². The molecule has 0 saturated heterocycles. The van der Waals surface area contributed by atoms with Crippen LogP contribution >= 0.6 is 0 Å². The summed E-state index contributed by atoms with van der Waals surface area (Å²) in [5.41, 5.74) is 1.86. The Balaban J connectivity index is 2.08. The molecular formula is C23H32N2O5. The van der Waals surface area contributed by atoms with Crippen LogP contribution in [0.3, 0.4) is 0 Å². The van der Waals surface area contributed by atoms with Crippen molar-refractivity contribution in [2.24, 2.45) is 5.92 Å². The molecule has 7 heteroatoms. The summed E-state index contributed by atoms with van der Waals surface area (Å²) in [7, 11) is 4.78. The van der Waals surface area contributed by atoms with Crippen LogP contribution < -0.4 is 29.6 Å². The minimum atomic E-state index is -0.253. The minimum absolute atomic E-state index is 0.125. The third-order valence-corrected chi connectivity index (χ3v) is 4.69. The molecule has 1 unspecified atom stereocenters. The van der Waals surface area contributed by atoms with E-state index < -0.39 is 0 Å². The number of amides is 2. The zero-order valence-electron chi connectivity index (χ0n) is 18.6. The van der Waals surface area contributed by atoms with Crippen molar-refractivity contribution in [1.82, 2.24) is 10.6 Å². The van der Waals surface area contributed by atoms with Gasteiger partial charge in [0.1, 0.15) is 5.75 Å². The van der Waals surface area contributed by atoms with Gasteiger partial charge in [0.2, 0.25) is 5.75 Å². The number of methoxy groups -OCH3 is 3. The van der Waals surface area contributed by atoms with Crippen molar-refractivity contribution in [3.63, 3.8) is 0 Å². The molecule has 30 heavy (non-hydrogen) atoms. The van der Waals surface area contributed by atoms with Crippen molar-refractivity contribution in [1.29, 1.82) is 0 Å². The second-order valence-corrected chi connectivity index (χ2v) is 7.08. The molecule has 0 bridgehead atoms. The van der Waals surface area contributed by atoms with E-state index in [9.17, 15) is 4.79 Å². The van der Waals surface area contributed by atoms with Crippen molar-refractivity contribution >= 4 is 6.03 Å². The van der Waals surface area contributed by atoms with Crippen LogP contribution in [0, 0.1) is 5.92 Å². The summed E-state index contributed by atoms with van der Waals surface area (Å²) in [5, 5.41) is 5.96. The molecule has 0 aliphatic heterocycles. The topological polar surface area (TPSA) is 78.1 Å². The van der Waals surface area contributed by atoms with Gasteiger partial charge in [-0.3, -0.25) is 0 Å². The first kappa shape index (κ1) is 23.2. The van der Waals surface area contributed by atoms with E-state index in [1.165, 1.54) is 0 Å². The average molecular weight is 417 g/mol. The van der Waals surface area contributed by atoms with Crippen LogP contribution in [0.2, 0.25) is 0 Å². The van der Waals surface area contributed by atoms with Crippen molar-refractivity contribution in [2.75, 3.05) is 27.9 Å². The highest BCUT2D eigenvalue weighted by Gasteiger charge is 2.19. The molecular weight excluding hydrogens is 384 g/mol. The highest BCUT2D eigenvalue weighted by atomic mass is 16.5. The first-order chi connectivity index (χ1) is 14.4. The Hall–Kier alpha value is -3.09. The van der Waals surface area contributed by atoms with Gasteiger partial charge in [-0.05, 0) is 48.2 Å². The zero-order valence-corrected chi connectivity index (χ0v) is 18.6. The number of carbonyl (C=O) groups is 1. The molecule has 0 aromatic heterocycles. The maximum atomic E-state index is 12.6. The molecule has 2 aromatic rings. The summed E-state index contributed by atoms with van der Waals surface area (Å²) < 4.78 is 21.7. The van der Waals surface area contributed by atoms with Gasteiger partial charge in [-0.25, -0.2) is 4.79 Å². The Morgan fingerprint density at radius 1 is 0.967 bits per heavy atom. The summed E-state index contributed by atoms with van der Waals surface area (Å²) >= 11 is 0. The van der Waals surface area contributed by atoms with Crippen LogP contribution in [-0.2, 0) is 6.54 Å². The molecule has 0 aliphatic carbocycles. The van der Waals surface area contributed by atoms with E-state index in [1.54, 1.807) is 21.3 Å². The van der Waals surface area contributed by atoms with Gasteiger partial charge in [0.25, 0.3) is 0 Å². The third-order valence-electron chi connectivity index (χ3n) is 4.69. The largest absolute Gasteiger partial charge is 0.497 e. The van der Waals surface area contributed by atoms with Gasteiger partial charge in [-0.15, -0.1) is 0 Å². The summed E-state index contributed by atoms with van der Waals surface area (Å²) in [4.78, 5) is 12.6. The summed E-state index contributed by atoms with van der Waals surface area (Å²) in [6.45, 7) is 6.84. The lowest BCUT2D eigenvalue weighted by atomic mass is 9.96. The maximum Gasteiger partial charge on any atom is 0.315 e. The van der Waals surface area contributed by atoms with E-state index in [0.717, 1.165) is 16.9 Å². The first-order valence-corrected chi connectivity index (χ1v) is 9.99.